The van der Waals surface area contributed by atoms with Crippen LogP contribution in [-0.4, -0.2) is 43.2 Å². The summed E-state index contributed by atoms with van der Waals surface area (Å²) in [4.78, 5) is 29.6. The fourth-order valence-electron chi connectivity index (χ4n) is 3.71. The van der Waals surface area contributed by atoms with Crippen LogP contribution in [0.2, 0.25) is 0 Å². The molecule has 0 aliphatic heterocycles. The van der Waals surface area contributed by atoms with Gasteiger partial charge in [-0.05, 0) is 0 Å². The summed E-state index contributed by atoms with van der Waals surface area (Å²) in [6, 6.07) is 30.9. The molecule has 0 saturated heterocycles. The summed E-state index contributed by atoms with van der Waals surface area (Å²) in [5, 5.41) is 0. The van der Waals surface area contributed by atoms with E-state index in [9.17, 15) is 9.59 Å². The first-order valence-electron chi connectivity index (χ1n) is 10.3. The van der Waals surface area contributed by atoms with Crippen LogP contribution in [0.5, 0.6) is 0 Å². The summed E-state index contributed by atoms with van der Waals surface area (Å²) < 4.78 is -0.508. The average Bonchev–Trinajstić information content (AvgIpc) is 2.85. The van der Waals surface area contributed by atoms with Crippen molar-refractivity contribution in [1.29, 1.82) is 0 Å². The van der Waals surface area contributed by atoms with Crippen molar-refractivity contribution in [2.75, 3.05) is 18.8 Å². The molecule has 0 aliphatic carbocycles. The predicted octanol–water partition coefficient (Wildman–Crippen LogP) is 4.34. The SMILES string of the molecule is B=NCC(=O)N(CCSC(c1ccccc1)(c1ccccc1)c1ccccc1)C(=O)C=C. The zero-order valence-electron chi connectivity index (χ0n) is 17.9. The number of imide groups is 1. The molecular formula is C26H25BN2O2S. The summed E-state index contributed by atoms with van der Waals surface area (Å²) in [7, 11) is 3.37. The van der Waals surface area contributed by atoms with Crippen LogP contribution < -0.4 is 0 Å². The zero-order valence-corrected chi connectivity index (χ0v) is 18.7. The molecular weight excluding hydrogens is 415 g/mol. The zero-order chi connectivity index (χ0) is 22.8. The quantitative estimate of drug-likeness (QED) is 0.268. The topological polar surface area (TPSA) is 49.7 Å². The molecule has 0 unspecified atom stereocenters. The van der Waals surface area contributed by atoms with Crippen LogP contribution >= 0.6 is 11.8 Å². The van der Waals surface area contributed by atoms with E-state index in [0.717, 1.165) is 22.8 Å². The van der Waals surface area contributed by atoms with Crippen LogP contribution in [0, 0.1) is 0 Å². The van der Waals surface area contributed by atoms with Gasteiger partial charge < -0.3 is 0 Å². The number of carbonyl (C=O) groups excluding carboxylic acids is 2. The molecule has 0 spiro atoms. The van der Waals surface area contributed by atoms with Gasteiger partial charge in [0.2, 0.25) is 0 Å². The Morgan fingerprint density at radius 1 is 0.875 bits per heavy atom. The summed E-state index contributed by atoms with van der Waals surface area (Å²) in [6.45, 7) is 3.64. The number of hydrogen-bond donors (Lipinski definition) is 0. The van der Waals surface area contributed by atoms with Crippen molar-refractivity contribution in [3.05, 3.63) is 120 Å². The van der Waals surface area contributed by atoms with Crippen molar-refractivity contribution < 1.29 is 9.59 Å². The molecule has 3 rings (SSSR count). The first-order chi connectivity index (χ1) is 15.6. The van der Waals surface area contributed by atoms with E-state index in [1.165, 1.54) is 4.90 Å². The third-order valence-electron chi connectivity index (χ3n) is 5.16. The van der Waals surface area contributed by atoms with Crippen molar-refractivity contribution in [2.45, 2.75) is 4.75 Å². The number of carbonyl (C=O) groups is 2. The Labute approximate surface area is 194 Å². The molecule has 0 bridgehead atoms. The maximum atomic E-state index is 12.4. The van der Waals surface area contributed by atoms with E-state index in [2.05, 4.69) is 55.5 Å². The van der Waals surface area contributed by atoms with E-state index in [-0.39, 0.29) is 19.0 Å². The molecule has 0 atom stereocenters. The number of amides is 2. The van der Waals surface area contributed by atoms with Gasteiger partial charge in [-0.1, -0.05) is 0 Å². The Hall–Kier alpha value is -3.25. The summed E-state index contributed by atoms with van der Waals surface area (Å²) in [5.74, 6) is -0.277. The molecule has 0 heterocycles. The van der Waals surface area contributed by atoms with E-state index in [1.54, 1.807) is 11.8 Å². The first-order valence-corrected chi connectivity index (χ1v) is 11.3. The molecule has 3 aromatic carbocycles. The Kier molecular flexibility index (Phi) is 8.34. The van der Waals surface area contributed by atoms with Crippen molar-refractivity contribution in [2.24, 2.45) is 4.90 Å². The van der Waals surface area contributed by atoms with Gasteiger partial charge in [-0.3, -0.25) is 0 Å². The molecule has 0 N–H and O–H groups in total. The van der Waals surface area contributed by atoms with Gasteiger partial charge in [-0.25, -0.2) is 0 Å². The molecule has 0 aliphatic rings. The molecule has 0 aromatic heterocycles. The number of benzene rings is 3. The molecule has 3 aromatic rings. The van der Waals surface area contributed by atoms with Crippen LogP contribution in [0.4, 0.5) is 0 Å². The van der Waals surface area contributed by atoms with E-state index >= 15 is 0 Å². The van der Waals surface area contributed by atoms with Gasteiger partial charge in [0.1, 0.15) is 0 Å². The normalized spacial score (nSPS) is 10.8. The summed E-state index contributed by atoms with van der Waals surface area (Å²) >= 11 is 1.69. The van der Waals surface area contributed by atoms with Crippen LogP contribution in [0.3, 0.4) is 0 Å². The Morgan fingerprint density at radius 3 is 1.69 bits per heavy atom. The second-order valence-electron chi connectivity index (χ2n) is 7.10. The minimum absolute atomic E-state index is 0.133. The van der Waals surface area contributed by atoms with Gasteiger partial charge in [0.25, 0.3) is 0 Å². The summed E-state index contributed by atoms with van der Waals surface area (Å²) in [5.41, 5.74) is 3.38. The number of rotatable bonds is 10. The van der Waals surface area contributed by atoms with Crippen molar-refractivity contribution in [1.82, 2.24) is 4.90 Å². The molecule has 0 fully saturated rings. The molecule has 4 nitrogen and oxygen atoms in total. The average molecular weight is 440 g/mol. The fourth-order valence-corrected chi connectivity index (χ4v) is 5.20. The Bertz CT molecular complexity index is 962. The third-order valence-corrected chi connectivity index (χ3v) is 6.69. The Balaban J connectivity index is 2.03. The van der Waals surface area contributed by atoms with Gasteiger partial charge >= 0.3 is 195 Å². The number of thioether (sulfide) groups is 1. The third kappa shape index (κ3) is 5.14. The maximum absolute atomic E-state index is 12.4. The van der Waals surface area contributed by atoms with Crippen molar-refractivity contribution in [3.63, 3.8) is 0 Å². The molecule has 2 amide bonds. The molecule has 160 valence electrons. The van der Waals surface area contributed by atoms with Crippen LogP contribution in [0.1, 0.15) is 16.7 Å². The van der Waals surface area contributed by atoms with Crippen LogP contribution in [-0.2, 0) is 14.3 Å². The van der Waals surface area contributed by atoms with Crippen molar-refractivity contribution >= 4 is 31.2 Å². The predicted molar refractivity (Wildman–Crippen MR) is 133 cm³/mol. The number of hydrogen-bond acceptors (Lipinski definition) is 4. The van der Waals surface area contributed by atoms with Gasteiger partial charge in [-0.15, -0.1) is 0 Å². The van der Waals surface area contributed by atoms with E-state index in [1.807, 2.05) is 54.6 Å². The van der Waals surface area contributed by atoms with E-state index in [0.29, 0.717) is 5.75 Å². The summed E-state index contributed by atoms with van der Waals surface area (Å²) in [6.07, 6.45) is 1.16. The molecule has 32 heavy (non-hydrogen) atoms. The molecule has 6 heteroatoms. The van der Waals surface area contributed by atoms with Gasteiger partial charge in [0, 0.05) is 0 Å². The fraction of sp³-hybridized carbons (Fsp3) is 0.154. The second-order valence-corrected chi connectivity index (χ2v) is 8.41. The molecule has 0 saturated carbocycles. The minimum atomic E-state index is -0.508. The second kappa shape index (κ2) is 11.4. The van der Waals surface area contributed by atoms with Gasteiger partial charge in [-0.2, -0.15) is 0 Å². The number of nitrogens with zero attached hydrogens (tertiary/aromatic N) is 2. The van der Waals surface area contributed by atoms with Crippen molar-refractivity contribution in [3.8, 4) is 0 Å². The standard InChI is InChI=1S/C26H25BN2O2S/c1-2-24(30)29(25(31)20-28-27)18-19-32-26(21-12-6-3-7-13-21,22-14-8-4-9-15-22)23-16-10-5-11-17-23/h2-17,27H,1,18-20H2. The van der Waals surface area contributed by atoms with E-state index in [4.69, 9.17) is 0 Å². The van der Waals surface area contributed by atoms with E-state index < -0.39 is 10.7 Å². The monoisotopic (exact) mass is 440 g/mol. The van der Waals surface area contributed by atoms with Gasteiger partial charge in [0.05, 0.1) is 0 Å². The van der Waals surface area contributed by atoms with Crippen LogP contribution in [0.25, 0.3) is 0 Å². The van der Waals surface area contributed by atoms with Gasteiger partial charge in [0.15, 0.2) is 0 Å². The Morgan fingerprint density at radius 2 is 1.31 bits per heavy atom. The molecule has 0 radical (unpaired) electrons. The first kappa shape index (κ1) is 23.4. The van der Waals surface area contributed by atoms with Crippen LogP contribution in [0.15, 0.2) is 109 Å².